The lowest BCUT2D eigenvalue weighted by atomic mass is 9.62. The van der Waals surface area contributed by atoms with Crippen molar-refractivity contribution in [2.75, 3.05) is 0 Å². The molecule has 1 heteroatoms. The van der Waals surface area contributed by atoms with Gasteiger partial charge in [0.1, 0.15) is 0 Å². The molecule has 2 aliphatic carbocycles. The van der Waals surface area contributed by atoms with E-state index in [1.165, 1.54) is 64.2 Å². The van der Waals surface area contributed by atoms with Gasteiger partial charge in [-0.3, -0.25) is 0 Å². The van der Waals surface area contributed by atoms with Gasteiger partial charge in [0.25, 0.3) is 0 Å². The molecule has 0 saturated heterocycles. The van der Waals surface area contributed by atoms with Gasteiger partial charge < -0.3 is 0 Å². The summed E-state index contributed by atoms with van der Waals surface area (Å²) in [7, 11) is 6.93. The first-order valence-corrected chi connectivity index (χ1v) is 14.1. The molecule has 0 amide bonds. The molecule has 2 fully saturated rings. The van der Waals surface area contributed by atoms with Crippen molar-refractivity contribution in [1.29, 1.82) is 0 Å². The first-order valence-electron chi connectivity index (χ1n) is 14.1. The third kappa shape index (κ3) is 6.79. The van der Waals surface area contributed by atoms with E-state index in [1.807, 2.05) is 0 Å². The molecule has 182 valence electrons. The van der Waals surface area contributed by atoms with E-state index in [0.717, 1.165) is 17.8 Å². The second-order valence-electron chi connectivity index (χ2n) is 12.9. The summed E-state index contributed by atoms with van der Waals surface area (Å²) in [6.45, 7) is 19.3. The highest BCUT2D eigenvalue weighted by Gasteiger charge is 2.50. The van der Waals surface area contributed by atoms with Crippen molar-refractivity contribution < 1.29 is 0 Å². The lowest BCUT2D eigenvalue weighted by molar-refractivity contribution is 0.0834. The molecule has 7 unspecified atom stereocenters. The average Bonchev–Trinajstić information content (AvgIpc) is 2.98. The molecule has 0 aromatic carbocycles. The van der Waals surface area contributed by atoms with Crippen LogP contribution in [0.4, 0.5) is 0 Å². The fraction of sp³-hybridized carbons (Fsp3) is 0.871. The number of hydrogen-bond donors (Lipinski definition) is 0. The van der Waals surface area contributed by atoms with Crippen molar-refractivity contribution in [2.45, 2.75) is 125 Å². The SMILES string of the molecule is [B]C1CC(C(C)CCC2CCCCC2(C)C)C(C)(CC=CC)C1CCC(/C=C/C)C(C)C. The van der Waals surface area contributed by atoms with Crippen LogP contribution >= 0.6 is 0 Å². The maximum Gasteiger partial charge on any atom is 0.0703 e. The standard InChI is InChI=1S/C31H55B/c1-9-11-21-31(8)27(19-17-25(14-10-2)23(3)4)29(32)22-28(31)24(5)16-18-26-15-12-13-20-30(26,6)7/h9-11,14,23-29H,12-13,15-22H2,1-8H3/b11-9?,14-10+. The lowest BCUT2D eigenvalue weighted by Crippen LogP contribution is -2.34. The Labute approximate surface area is 203 Å². The van der Waals surface area contributed by atoms with Crippen LogP contribution in [0.5, 0.6) is 0 Å². The summed E-state index contributed by atoms with van der Waals surface area (Å²) >= 11 is 0. The van der Waals surface area contributed by atoms with Crippen LogP contribution in [0.3, 0.4) is 0 Å². The fourth-order valence-electron chi connectivity index (χ4n) is 7.63. The van der Waals surface area contributed by atoms with Crippen molar-refractivity contribution in [3.63, 3.8) is 0 Å². The molecule has 0 aromatic rings. The smallest absolute Gasteiger partial charge is 0.0703 e. The number of hydrogen-bond acceptors (Lipinski definition) is 0. The molecular weight excluding hydrogens is 383 g/mol. The molecule has 7 atom stereocenters. The van der Waals surface area contributed by atoms with Crippen LogP contribution < -0.4 is 0 Å². The Balaban J connectivity index is 2.11. The van der Waals surface area contributed by atoms with Crippen molar-refractivity contribution in [3.8, 4) is 0 Å². The lowest BCUT2D eigenvalue weighted by Gasteiger charge is -2.42. The zero-order valence-electron chi connectivity index (χ0n) is 23.0. The molecule has 0 aliphatic heterocycles. The van der Waals surface area contributed by atoms with Gasteiger partial charge >= 0.3 is 0 Å². The van der Waals surface area contributed by atoms with Crippen molar-refractivity contribution in [3.05, 3.63) is 24.3 Å². The minimum atomic E-state index is 0.338. The summed E-state index contributed by atoms with van der Waals surface area (Å²) in [5.41, 5.74) is 0.879. The van der Waals surface area contributed by atoms with Gasteiger partial charge in [-0.1, -0.05) is 97.3 Å². The summed E-state index contributed by atoms with van der Waals surface area (Å²) in [6, 6.07) is 0. The van der Waals surface area contributed by atoms with Gasteiger partial charge in [0.15, 0.2) is 0 Å². The molecule has 0 nitrogen and oxygen atoms in total. The minimum Gasteiger partial charge on any atom is -0.0916 e. The average molecular weight is 439 g/mol. The van der Waals surface area contributed by atoms with Crippen LogP contribution in [0.1, 0.15) is 120 Å². The van der Waals surface area contributed by atoms with Crippen LogP contribution in [0.25, 0.3) is 0 Å². The summed E-state index contributed by atoms with van der Waals surface area (Å²) in [5.74, 6) is 4.84. The summed E-state index contributed by atoms with van der Waals surface area (Å²) in [5, 5.41) is 0. The monoisotopic (exact) mass is 438 g/mol. The molecule has 2 saturated carbocycles. The topological polar surface area (TPSA) is 0 Å². The highest BCUT2D eigenvalue weighted by atomic mass is 14.5. The van der Waals surface area contributed by atoms with Crippen molar-refractivity contribution in [2.24, 2.45) is 46.3 Å². The Morgan fingerprint density at radius 3 is 2.28 bits per heavy atom. The van der Waals surface area contributed by atoms with E-state index in [2.05, 4.69) is 79.7 Å². The third-order valence-electron chi connectivity index (χ3n) is 10.0. The third-order valence-corrected chi connectivity index (χ3v) is 10.0. The van der Waals surface area contributed by atoms with Crippen molar-refractivity contribution >= 4 is 7.85 Å². The maximum absolute atomic E-state index is 6.93. The number of rotatable bonds is 11. The number of allylic oxidation sites excluding steroid dienone is 4. The van der Waals surface area contributed by atoms with E-state index in [0.29, 0.717) is 34.4 Å². The van der Waals surface area contributed by atoms with Crippen LogP contribution in [-0.4, -0.2) is 7.85 Å². The zero-order chi connectivity index (χ0) is 23.9. The van der Waals surface area contributed by atoms with Crippen LogP contribution in [0.15, 0.2) is 24.3 Å². The minimum absolute atomic E-state index is 0.338. The van der Waals surface area contributed by atoms with Gasteiger partial charge in [-0.15, -0.1) is 0 Å². The molecule has 0 spiro atoms. The first kappa shape index (κ1) is 27.8. The highest BCUT2D eigenvalue weighted by Crippen LogP contribution is 2.60. The van der Waals surface area contributed by atoms with E-state index in [4.69, 9.17) is 7.85 Å². The normalized spacial score (nSPS) is 35.2. The van der Waals surface area contributed by atoms with E-state index < -0.39 is 0 Å². The molecule has 2 rings (SSSR count). The van der Waals surface area contributed by atoms with Crippen LogP contribution in [-0.2, 0) is 0 Å². The summed E-state index contributed by atoms with van der Waals surface area (Å²) in [4.78, 5) is 0. The zero-order valence-corrected chi connectivity index (χ0v) is 23.0. The quantitative estimate of drug-likeness (QED) is 0.222. The second kappa shape index (κ2) is 12.3. The fourth-order valence-corrected chi connectivity index (χ4v) is 7.63. The van der Waals surface area contributed by atoms with Gasteiger partial charge in [0.2, 0.25) is 0 Å². The van der Waals surface area contributed by atoms with Gasteiger partial charge in [0.05, 0.1) is 7.85 Å². The molecule has 0 bridgehead atoms. The molecule has 32 heavy (non-hydrogen) atoms. The predicted octanol–water partition coefficient (Wildman–Crippen LogP) is 9.81. The van der Waals surface area contributed by atoms with Gasteiger partial charge in [0, 0.05) is 0 Å². The van der Waals surface area contributed by atoms with Crippen LogP contribution in [0.2, 0.25) is 5.82 Å². The second-order valence-corrected chi connectivity index (χ2v) is 12.9. The summed E-state index contributed by atoms with van der Waals surface area (Å²) < 4.78 is 0. The Hall–Kier alpha value is -0.455. The van der Waals surface area contributed by atoms with Gasteiger partial charge in [-0.05, 0) is 98.7 Å². The Morgan fingerprint density at radius 2 is 1.69 bits per heavy atom. The van der Waals surface area contributed by atoms with Crippen molar-refractivity contribution in [1.82, 2.24) is 0 Å². The summed E-state index contributed by atoms with van der Waals surface area (Å²) in [6.07, 6.45) is 22.9. The molecule has 0 N–H and O–H groups in total. The molecule has 0 heterocycles. The molecular formula is C31H55B. The maximum atomic E-state index is 6.93. The van der Waals surface area contributed by atoms with Gasteiger partial charge in [-0.25, -0.2) is 0 Å². The molecule has 2 aliphatic rings. The molecule has 0 aromatic heterocycles. The predicted molar refractivity (Wildman–Crippen MR) is 145 cm³/mol. The van der Waals surface area contributed by atoms with Gasteiger partial charge in [-0.2, -0.15) is 0 Å². The van der Waals surface area contributed by atoms with E-state index >= 15 is 0 Å². The Kier molecular flexibility index (Phi) is 10.7. The highest BCUT2D eigenvalue weighted by molar-refractivity contribution is 6.12. The van der Waals surface area contributed by atoms with E-state index in [1.54, 1.807) is 0 Å². The Bertz CT molecular complexity index is 600. The van der Waals surface area contributed by atoms with E-state index in [9.17, 15) is 0 Å². The van der Waals surface area contributed by atoms with Crippen LogP contribution in [0, 0.1) is 46.3 Å². The molecule has 2 radical (unpaired) electrons. The van der Waals surface area contributed by atoms with E-state index in [-0.39, 0.29) is 0 Å². The first-order chi connectivity index (χ1) is 15.1. The Morgan fingerprint density at radius 1 is 0.969 bits per heavy atom. The largest absolute Gasteiger partial charge is 0.0916 e.